The van der Waals surface area contributed by atoms with Crippen LogP contribution in [0.25, 0.3) is 0 Å². The van der Waals surface area contributed by atoms with E-state index in [1.165, 1.54) is 11.1 Å². The molecule has 174 valence electrons. The fourth-order valence-electron chi connectivity index (χ4n) is 4.80. The van der Waals surface area contributed by atoms with Crippen LogP contribution in [-0.2, 0) is 11.8 Å². The van der Waals surface area contributed by atoms with Gasteiger partial charge in [0.25, 0.3) is 5.91 Å². The maximum absolute atomic E-state index is 13.4. The number of rotatable bonds is 7. The third kappa shape index (κ3) is 5.91. The normalized spacial score (nSPS) is 20.0. The SMILES string of the molecule is Cl.NCC1(c2cccc(Cl)c2)CCC(N(CCc2ccccc2)C(=O)c2cccnn2)CC1. The summed E-state index contributed by atoms with van der Waals surface area (Å²) in [7, 11) is 0. The summed E-state index contributed by atoms with van der Waals surface area (Å²) in [6, 6.07) is 22.0. The summed E-state index contributed by atoms with van der Waals surface area (Å²) >= 11 is 6.26. The molecule has 0 unspecified atom stereocenters. The van der Waals surface area contributed by atoms with Crippen molar-refractivity contribution in [2.75, 3.05) is 13.1 Å². The van der Waals surface area contributed by atoms with Gasteiger partial charge in [0.2, 0.25) is 0 Å². The molecule has 1 saturated carbocycles. The van der Waals surface area contributed by atoms with Gasteiger partial charge < -0.3 is 10.6 Å². The first-order valence-electron chi connectivity index (χ1n) is 11.2. The van der Waals surface area contributed by atoms with Crippen molar-refractivity contribution in [3.8, 4) is 0 Å². The molecule has 3 aromatic rings. The van der Waals surface area contributed by atoms with Crippen LogP contribution in [0, 0.1) is 0 Å². The maximum Gasteiger partial charge on any atom is 0.274 e. The lowest BCUT2D eigenvalue weighted by Gasteiger charge is -2.43. The minimum atomic E-state index is -0.0951. The molecule has 5 nitrogen and oxygen atoms in total. The minimum Gasteiger partial charge on any atom is -0.334 e. The van der Waals surface area contributed by atoms with E-state index in [0.717, 1.165) is 37.1 Å². The van der Waals surface area contributed by atoms with E-state index in [1.54, 1.807) is 18.3 Å². The van der Waals surface area contributed by atoms with Crippen LogP contribution in [0.3, 0.4) is 0 Å². The average molecular weight is 485 g/mol. The Morgan fingerprint density at radius 3 is 2.45 bits per heavy atom. The molecule has 0 bridgehead atoms. The number of amides is 1. The second-order valence-electron chi connectivity index (χ2n) is 8.57. The Hall–Kier alpha value is -2.47. The van der Waals surface area contributed by atoms with Crippen LogP contribution in [-0.4, -0.2) is 40.1 Å². The van der Waals surface area contributed by atoms with Crippen LogP contribution in [0.1, 0.15) is 47.3 Å². The van der Waals surface area contributed by atoms with Crippen molar-refractivity contribution in [1.82, 2.24) is 15.1 Å². The van der Waals surface area contributed by atoms with Gasteiger partial charge in [-0.15, -0.1) is 17.5 Å². The quantitative estimate of drug-likeness (QED) is 0.507. The Kier molecular flexibility index (Phi) is 8.84. The van der Waals surface area contributed by atoms with Crippen molar-refractivity contribution < 1.29 is 4.79 Å². The van der Waals surface area contributed by atoms with Gasteiger partial charge >= 0.3 is 0 Å². The smallest absolute Gasteiger partial charge is 0.274 e. The number of carbonyl (C=O) groups is 1. The number of aromatic nitrogens is 2. The molecule has 0 atom stereocenters. The molecule has 7 heteroatoms. The maximum atomic E-state index is 13.4. The Morgan fingerprint density at radius 2 is 1.82 bits per heavy atom. The van der Waals surface area contributed by atoms with Crippen LogP contribution in [0.4, 0.5) is 0 Å². The van der Waals surface area contributed by atoms with Crippen molar-refractivity contribution in [3.05, 3.63) is 94.8 Å². The summed E-state index contributed by atoms with van der Waals surface area (Å²) in [6.45, 7) is 1.22. The number of halogens is 2. The molecule has 1 amide bonds. The number of nitrogens with zero attached hydrogens (tertiary/aromatic N) is 3. The molecule has 33 heavy (non-hydrogen) atoms. The average Bonchev–Trinajstić information content (AvgIpc) is 2.85. The highest BCUT2D eigenvalue weighted by molar-refractivity contribution is 6.30. The van der Waals surface area contributed by atoms with Gasteiger partial charge in [0, 0.05) is 35.8 Å². The zero-order chi connectivity index (χ0) is 22.4. The number of benzene rings is 2. The lowest BCUT2D eigenvalue weighted by atomic mass is 9.68. The van der Waals surface area contributed by atoms with E-state index in [-0.39, 0.29) is 29.8 Å². The van der Waals surface area contributed by atoms with Gasteiger partial charge in [0.1, 0.15) is 0 Å². The first kappa shape index (κ1) is 25.2. The highest BCUT2D eigenvalue weighted by Gasteiger charge is 2.39. The highest BCUT2D eigenvalue weighted by atomic mass is 35.5. The molecule has 2 N–H and O–H groups in total. The van der Waals surface area contributed by atoms with Gasteiger partial charge in [0.15, 0.2) is 5.69 Å². The lowest BCUT2D eigenvalue weighted by molar-refractivity contribution is 0.0590. The van der Waals surface area contributed by atoms with Gasteiger partial charge in [-0.05, 0) is 67.5 Å². The predicted molar refractivity (Wildman–Crippen MR) is 135 cm³/mol. The summed E-state index contributed by atoms with van der Waals surface area (Å²) in [6.07, 6.45) is 6.02. The molecule has 1 aliphatic rings. The van der Waals surface area contributed by atoms with Gasteiger partial charge in [-0.3, -0.25) is 4.79 Å². The molecular formula is C26H30Cl2N4O. The standard InChI is InChI=1S/C26H29ClN4O.ClH/c27-22-9-4-8-21(18-22)26(19-28)14-11-23(12-15-26)31(17-13-20-6-2-1-3-7-20)25(32)24-10-5-16-29-30-24;/h1-10,16,18,23H,11-15,17,19,28H2;1H. The van der Waals surface area contributed by atoms with E-state index >= 15 is 0 Å². The first-order chi connectivity index (χ1) is 15.6. The van der Waals surface area contributed by atoms with E-state index in [0.29, 0.717) is 18.8 Å². The molecule has 0 saturated heterocycles. The molecule has 2 aromatic carbocycles. The zero-order valence-electron chi connectivity index (χ0n) is 18.6. The van der Waals surface area contributed by atoms with E-state index in [4.69, 9.17) is 17.3 Å². The summed E-state index contributed by atoms with van der Waals surface area (Å²) in [4.78, 5) is 15.4. The fraction of sp³-hybridized carbons (Fsp3) is 0.346. The fourth-order valence-corrected chi connectivity index (χ4v) is 4.99. The second kappa shape index (κ2) is 11.6. The molecule has 1 aliphatic carbocycles. The zero-order valence-corrected chi connectivity index (χ0v) is 20.1. The van der Waals surface area contributed by atoms with Crippen molar-refractivity contribution in [3.63, 3.8) is 0 Å². The summed E-state index contributed by atoms with van der Waals surface area (Å²) < 4.78 is 0. The summed E-state index contributed by atoms with van der Waals surface area (Å²) in [5.74, 6) is -0.0537. The van der Waals surface area contributed by atoms with Gasteiger partial charge in [0.05, 0.1) is 0 Å². The van der Waals surface area contributed by atoms with Crippen molar-refractivity contribution >= 4 is 29.9 Å². The van der Waals surface area contributed by atoms with Gasteiger partial charge in [-0.1, -0.05) is 54.1 Å². The molecular weight excluding hydrogens is 455 g/mol. The van der Waals surface area contributed by atoms with Gasteiger partial charge in [-0.25, -0.2) is 0 Å². The Labute approximate surface area is 206 Å². The second-order valence-corrected chi connectivity index (χ2v) is 9.01. The van der Waals surface area contributed by atoms with Crippen LogP contribution in [0.5, 0.6) is 0 Å². The van der Waals surface area contributed by atoms with Crippen molar-refractivity contribution in [2.24, 2.45) is 5.73 Å². The van der Waals surface area contributed by atoms with Gasteiger partial charge in [-0.2, -0.15) is 5.10 Å². The number of hydrogen-bond donors (Lipinski definition) is 1. The summed E-state index contributed by atoms with van der Waals surface area (Å²) in [5.41, 5.74) is 9.00. The van der Waals surface area contributed by atoms with Crippen LogP contribution in [0.15, 0.2) is 72.9 Å². The van der Waals surface area contributed by atoms with Crippen molar-refractivity contribution in [2.45, 2.75) is 43.6 Å². The lowest BCUT2D eigenvalue weighted by Crippen LogP contribution is -2.48. The largest absolute Gasteiger partial charge is 0.334 e. The molecule has 0 spiro atoms. The Bertz CT molecular complexity index is 1020. The molecule has 1 fully saturated rings. The Morgan fingerprint density at radius 1 is 1.06 bits per heavy atom. The van der Waals surface area contributed by atoms with E-state index in [1.807, 2.05) is 41.3 Å². The van der Waals surface area contributed by atoms with E-state index in [9.17, 15) is 4.79 Å². The van der Waals surface area contributed by atoms with E-state index < -0.39 is 0 Å². The third-order valence-electron chi connectivity index (χ3n) is 6.72. The number of carbonyl (C=O) groups excluding carboxylic acids is 1. The monoisotopic (exact) mass is 484 g/mol. The number of nitrogens with two attached hydrogens (primary N) is 1. The Balaban J connectivity index is 0.00000306. The molecule has 0 radical (unpaired) electrons. The number of hydrogen-bond acceptors (Lipinski definition) is 4. The van der Waals surface area contributed by atoms with Crippen LogP contribution < -0.4 is 5.73 Å². The molecule has 1 heterocycles. The molecule has 4 rings (SSSR count). The topological polar surface area (TPSA) is 72.1 Å². The molecule has 1 aromatic heterocycles. The third-order valence-corrected chi connectivity index (χ3v) is 6.95. The van der Waals surface area contributed by atoms with Crippen molar-refractivity contribution in [1.29, 1.82) is 0 Å². The predicted octanol–water partition coefficient (Wildman–Crippen LogP) is 5.08. The van der Waals surface area contributed by atoms with Crippen LogP contribution in [0.2, 0.25) is 5.02 Å². The van der Waals surface area contributed by atoms with Crippen LogP contribution >= 0.6 is 24.0 Å². The highest BCUT2D eigenvalue weighted by Crippen LogP contribution is 2.41. The molecule has 0 aliphatic heterocycles. The van der Waals surface area contributed by atoms with E-state index in [2.05, 4.69) is 28.4 Å². The first-order valence-corrected chi connectivity index (χ1v) is 11.6. The summed E-state index contributed by atoms with van der Waals surface area (Å²) in [5, 5.41) is 8.72. The minimum absolute atomic E-state index is 0.